The number of carbonyl (C=O) groups excluding carboxylic acids is 1. The van der Waals surface area contributed by atoms with Gasteiger partial charge in [-0.1, -0.05) is 23.3 Å². The molecule has 1 amide bonds. The van der Waals surface area contributed by atoms with Crippen LogP contribution in [-0.2, 0) is 0 Å². The first-order chi connectivity index (χ1) is 10.8. The normalized spacial score (nSPS) is 9.95. The Balaban J connectivity index is 1.74. The van der Waals surface area contributed by atoms with Gasteiger partial charge in [-0.3, -0.25) is 15.1 Å². The van der Waals surface area contributed by atoms with Crippen molar-refractivity contribution < 1.29 is 4.79 Å². The van der Waals surface area contributed by atoms with Crippen molar-refractivity contribution in [1.82, 2.24) is 15.0 Å². The molecule has 3 aromatic heterocycles. The summed E-state index contributed by atoms with van der Waals surface area (Å²) in [6.45, 7) is 0. The van der Waals surface area contributed by atoms with Gasteiger partial charge < -0.3 is 0 Å². The number of amides is 1. The van der Waals surface area contributed by atoms with Crippen LogP contribution in [0.3, 0.4) is 0 Å². The predicted molar refractivity (Wildman–Crippen MR) is 85.5 cm³/mol. The number of anilines is 1. The minimum atomic E-state index is -0.323. The molecular formula is C16H10N4OS. The fourth-order valence-corrected chi connectivity index (χ4v) is 2.55. The summed E-state index contributed by atoms with van der Waals surface area (Å²) in [5, 5.41) is 3.23. The smallest absolute Gasteiger partial charge is 0.276 e. The molecule has 6 heteroatoms. The van der Waals surface area contributed by atoms with Crippen LogP contribution in [0.15, 0.2) is 49.1 Å². The number of nitrogens with one attached hydrogen (secondary N) is 1. The second-order valence-electron chi connectivity index (χ2n) is 4.30. The van der Waals surface area contributed by atoms with Crippen LogP contribution in [0.2, 0.25) is 0 Å². The lowest BCUT2D eigenvalue weighted by Gasteiger charge is -2.00. The third-order valence-electron chi connectivity index (χ3n) is 2.83. The minimum absolute atomic E-state index is 0.289. The number of hydrogen-bond donors (Lipinski definition) is 1. The number of hydrogen-bond acceptors (Lipinski definition) is 5. The summed E-state index contributed by atoms with van der Waals surface area (Å²) >= 11 is 1.37. The Labute approximate surface area is 131 Å². The van der Waals surface area contributed by atoms with Gasteiger partial charge in [0, 0.05) is 35.9 Å². The second-order valence-corrected chi connectivity index (χ2v) is 5.33. The zero-order chi connectivity index (χ0) is 15.4. The van der Waals surface area contributed by atoms with E-state index in [4.69, 9.17) is 6.42 Å². The standard InChI is InChI=1S/C16H10N4OS/c1-2-11-5-6-13(18-8-11)15(21)20-16-19-10-14(22-16)12-4-3-7-17-9-12/h1,3-10H,(H,19,20,21). The number of aromatic nitrogens is 3. The lowest BCUT2D eigenvalue weighted by atomic mass is 10.2. The molecule has 0 aromatic carbocycles. The number of carbonyl (C=O) groups is 1. The summed E-state index contributed by atoms with van der Waals surface area (Å²) in [4.78, 5) is 25.3. The van der Waals surface area contributed by atoms with Crippen LogP contribution in [0, 0.1) is 12.3 Å². The maximum absolute atomic E-state index is 12.1. The van der Waals surface area contributed by atoms with Gasteiger partial charge in [0.25, 0.3) is 5.91 Å². The van der Waals surface area contributed by atoms with Gasteiger partial charge in [-0.2, -0.15) is 0 Å². The van der Waals surface area contributed by atoms with Crippen LogP contribution in [-0.4, -0.2) is 20.9 Å². The molecule has 0 fully saturated rings. The van der Waals surface area contributed by atoms with E-state index >= 15 is 0 Å². The van der Waals surface area contributed by atoms with E-state index in [1.807, 2.05) is 12.1 Å². The Hall–Kier alpha value is -3.04. The lowest BCUT2D eigenvalue weighted by molar-refractivity contribution is 0.102. The maximum Gasteiger partial charge on any atom is 0.276 e. The van der Waals surface area contributed by atoms with Gasteiger partial charge in [0.2, 0.25) is 0 Å². The van der Waals surface area contributed by atoms with Gasteiger partial charge in [0.1, 0.15) is 5.69 Å². The molecule has 0 bridgehead atoms. The average Bonchev–Trinajstić information content (AvgIpc) is 3.04. The average molecular weight is 306 g/mol. The third kappa shape index (κ3) is 3.00. The molecule has 0 atom stereocenters. The molecule has 1 N–H and O–H groups in total. The van der Waals surface area contributed by atoms with Crippen molar-refractivity contribution in [1.29, 1.82) is 0 Å². The van der Waals surface area contributed by atoms with Crippen molar-refractivity contribution in [2.75, 3.05) is 5.32 Å². The molecule has 0 spiro atoms. The Morgan fingerprint density at radius 1 is 1.18 bits per heavy atom. The minimum Gasteiger partial charge on any atom is -0.296 e. The van der Waals surface area contributed by atoms with Gasteiger partial charge in [-0.05, 0) is 18.2 Å². The van der Waals surface area contributed by atoms with Crippen LogP contribution in [0.1, 0.15) is 16.1 Å². The predicted octanol–water partition coefficient (Wildman–Crippen LogP) is 2.83. The molecule has 3 rings (SSSR count). The molecule has 22 heavy (non-hydrogen) atoms. The highest BCUT2D eigenvalue weighted by Gasteiger charge is 2.11. The Bertz CT molecular complexity index is 835. The van der Waals surface area contributed by atoms with Gasteiger partial charge in [0.15, 0.2) is 5.13 Å². The molecule has 0 aliphatic rings. The lowest BCUT2D eigenvalue weighted by Crippen LogP contribution is -2.13. The Kier molecular flexibility index (Phi) is 3.90. The van der Waals surface area contributed by atoms with Gasteiger partial charge >= 0.3 is 0 Å². The fraction of sp³-hybridized carbons (Fsp3) is 0. The summed E-state index contributed by atoms with van der Waals surface area (Å²) in [7, 11) is 0. The molecule has 0 aliphatic heterocycles. The zero-order valence-electron chi connectivity index (χ0n) is 11.4. The van der Waals surface area contributed by atoms with Crippen LogP contribution in [0.5, 0.6) is 0 Å². The molecule has 3 aromatic rings. The number of terminal acetylenes is 1. The summed E-state index contributed by atoms with van der Waals surface area (Å²) in [6, 6.07) is 7.04. The number of rotatable bonds is 3. The molecule has 0 radical (unpaired) electrons. The van der Waals surface area contributed by atoms with Crippen molar-refractivity contribution in [2.45, 2.75) is 0 Å². The van der Waals surface area contributed by atoms with Gasteiger partial charge in [-0.25, -0.2) is 9.97 Å². The molecule has 0 aliphatic carbocycles. The van der Waals surface area contributed by atoms with E-state index in [0.717, 1.165) is 10.4 Å². The van der Waals surface area contributed by atoms with E-state index in [1.165, 1.54) is 17.5 Å². The van der Waals surface area contributed by atoms with Crippen LogP contribution >= 0.6 is 11.3 Å². The highest BCUT2D eigenvalue weighted by Crippen LogP contribution is 2.28. The molecule has 0 unspecified atom stereocenters. The van der Waals surface area contributed by atoms with E-state index in [2.05, 4.69) is 26.2 Å². The molecule has 5 nitrogen and oxygen atoms in total. The van der Waals surface area contributed by atoms with E-state index in [0.29, 0.717) is 10.7 Å². The number of thiazole rings is 1. The second kappa shape index (κ2) is 6.16. The van der Waals surface area contributed by atoms with Crippen LogP contribution in [0.4, 0.5) is 5.13 Å². The molecule has 0 saturated heterocycles. The molecule has 106 valence electrons. The van der Waals surface area contributed by atoms with Gasteiger partial charge in [0.05, 0.1) is 4.88 Å². The summed E-state index contributed by atoms with van der Waals surface area (Å²) < 4.78 is 0. The van der Waals surface area contributed by atoms with Crippen molar-refractivity contribution >= 4 is 22.4 Å². The summed E-state index contributed by atoms with van der Waals surface area (Å²) in [6.07, 6.45) is 11.9. The molecule has 3 heterocycles. The first-order valence-electron chi connectivity index (χ1n) is 6.36. The van der Waals surface area contributed by atoms with Crippen molar-refractivity contribution in [3.05, 3.63) is 60.3 Å². The maximum atomic E-state index is 12.1. The quantitative estimate of drug-likeness (QED) is 0.756. The first-order valence-corrected chi connectivity index (χ1v) is 7.18. The van der Waals surface area contributed by atoms with E-state index < -0.39 is 0 Å². The first kappa shape index (κ1) is 13.9. The van der Waals surface area contributed by atoms with Gasteiger partial charge in [-0.15, -0.1) is 6.42 Å². The highest BCUT2D eigenvalue weighted by molar-refractivity contribution is 7.19. The van der Waals surface area contributed by atoms with E-state index in [9.17, 15) is 4.79 Å². The van der Waals surface area contributed by atoms with Crippen molar-refractivity contribution in [3.63, 3.8) is 0 Å². The molecular weight excluding hydrogens is 296 g/mol. The van der Waals surface area contributed by atoms with E-state index in [-0.39, 0.29) is 11.6 Å². The Morgan fingerprint density at radius 3 is 2.77 bits per heavy atom. The zero-order valence-corrected chi connectivity index (χ0v) is 12.2. The largest absolute Gasteiger partial charge is 0.296 e. The SMILES string of the molecule is C#Cc1ccc(C(=O)Nc2ncc(-c3cccnc3)s2)nc1. The number of nitrogens with zero attached hydrogens (tertiary/aromatic N) is 3. The highest BCUT2D eigenvalue weighted by atomic mass is 32.1. The van der Waals surface area contributed by atoms with Crippen LogP contribution < -0.4 is 5.32 Å². The fourth-order valence-electron chi connectivity index (χ4n) is 1.75. The summed E-state index contributed by atoms with van der Waals surface area (Å²) in [5.74, 6) is 2.13. The molecule has 0 saturated carbocycles. The van der Waals surface area contributed by atoms with Crippen LogP contribution in [0.25, 0.3) is 10.4 Å². The summed E-state index contributed by atoms with van der Waals surface area (Å²) in [5.41, 5.74) is 1.87. The van der Waals surface area contributed by atoms with Crippen molar-refractivity contribution in [2.24, 2.45) is 0 Å². The topological polar surface area (TPSA) is 67.8 Å². The van der Waals surface area contributed by atoms with E-state index in [1.54, 1.807) is 30.7 Å². The number of pyridine rings is 2. The third-order valence-corrected chi connectivity index (χ3v) is 3.80. The monoisotopic (exact) mass is 306 g/mol. The Morgan fingerprint density at radius 2 is 2.09 bits per heavy atom. The van der Waals surface area contributed by atoms with Crippen molar-refractivity contribution in [3.8, 4) is 22.8 Å².